The first-order chi connectivity index (χ1) is 12.5. The Balaban J connectivity index is 1.60. The SMILES string of the molecule is CC(C)C(=O)N1CCN(C(=O)CSc2cccc3cccc(Cl)c23)CC1. The molecule has 1 aliphatic heterocycles. The highest BCUT2D eigenvalue weighted by Crippen LogP contribution is 2.33. The van der Waals surface area contributed by atoms with E-state index in [0.717, 1.165) is 15.7 Å². The number of hydrogen-bond acceptors (Lipinski definition) is 3. The van der Waals surface area contributed by atoms with E-state index in [9.17, 15) is 9.59 Å². The van der Waals surface area contributed by atoms with Gasteiger partial charge in [0.05, 0.1) is 5.75 Å². The fourth-order valence-corrected chi connectivity index (χ4v) is 4.50. The third-order valence-electron chi connectivity index (χ3n) is 4.60. The Bertz CT molecular complexity index is 811. The minimum atomic E-state index is 0.00363. The number of piperazine rings is 1. The van der Waals surface area contributed by atoms with Gasteiger partial charge in [0.15, 0.2) is 0 Å². The summed E-state index contributed by atoms with van der Waals surface area (Å²) in [4.78, 5) is 29.3. The number of rotatable bonds is 4. The lowest BCUT2D eigenvalue weighted by atomic mass is 10.1. The molecule has 0 unspecified atom stereocenters. The van der Waals surface area contributed by atoms with E-state index in [0.29, 0.717) is 37.0 Å². The van der Waals surface area contributed by atoms with E-state index in [1.165, 1.54) is 11.8 Å². The minimum Gasteiger partial charge on any atom is -0.339 e. The molecule has 1 saturated heterocycles. The fourth-order valence-electron chi connectivity index (χ4n) is 3.15. The van der Waals surface area contributed by atoms with Gasteiger partial charge in [0, 0.05) is 47.4 Å². The first-order valence-electron chi connectivity index (χ1n) is 8.84. The molecule has 26 heavy (non-hydrogen) atoms. The van der Waals surface area contributed by atoms with Crippen molar-refractivity contribution >= 4 is 45.9 Å². The number of carbonyl (C=O) groups excluding carboxylic acids is 2. The molecule has 0 atom stereocenters. The van der Waals surface area contributed by atoms with Gasteiger partial charge in [0.25, 0.3) is 0 Å². The molecule has 0 N–H and O–H groups in total. The van der Waals surface area contributed by atoms with Crippen molar-refractivity contribution in [2.45, 2.75) is 18.7 Å². The minimum absolute atomic E-state index is 0.00363. The van der Waals surface area contributed by atoms with Crippen LogP contribution in [0.2, 0.25) is 5.02 Å². The first-order valence-corrected chi connectivity index (χ1v) is 10.2. The predicted octanol–water partition coefficient (Wildman–Crippen LogP) is 3.91. The number of carbonyl (C=O) groups is 2. The van der Waals surface area contributed by atoms with Crippen LogP contribution in [0.15, 0.2) is 41.3 Å². The van der Waals surface area contributed by atoms with Crippen LogP contribution in [0.25, 0.3) is 10.8 Å². The van der Waals surface area contributed by atoms with Gasteiger partial charge in [0.2, 0.25) is 11.8 Å². The van der Waals surface area contributed by atoms with Crippen LogP contribution in [0.3, 0.4) is 0 Å². The average Bonchev–Trinajstić information content (AvgIpc) is 2.65. The van der Waals surface area contributed by atoms with E-state index < -0.39 is 0 Å². The van der Waals surface area contributed by atoms with Gasteiger partial charge in [-0.1, -0.05) is 49.7 Å². The van der Waals surface area contributed by atoms with Gasteiger partial charge in [-0.2, -0.15) is 0 Å². The lowest BCUT2D eigenvalue weighted by Gasteiger charge is -2.35. The standard InChI is InChI=1S/C20H23ClN2O2S/c1-14(2)20(25)23-11-9-22(10-12-23)18(24)13-26-17-8-4-6-15-5-3-7-16(21)19(15)17/h3-8,14H,9-13H2,1-2H3. The zero-order chi connectivity index (χ0) is 18.7. The molecule has 0 spiro atoms. The van der Waals surface area contributed by atoms with Crippen LogP contribution < -0.4 is 0 Å². The smallest absolute Gasteiger partial charge is 0.233 e. The van der Waals surface area contributed by atoms with Crippen molar-refractivity contribution in [2.24, 2.45) is 5.92 Å². The number of benzene rings is 2. The quantitative estimate of drug-likeness (QED) is 0.743. The molecule has 0 radical (unpaired) electrons. The van der Waals surface area contributed by atoms with E-state index in [1.54, 1.807) is 0 Å². The molecule has 2 amide bonds. The largest absolute Gasteiger partial charge is 0.339 e. The van der Waals surface area contributed by atoms with Crippen LogP contribution in [0.1, 0.15) is 13.8 Å². The first kappa shape index (κ1) is 19.1. The van der Waals surface area contributed by atoms with Crippen molar-refractivity contribution in [1.29, 1.82) is 0 Å². The molecule has 1 fully saturated rings. The molecule has 0 aliphatic carbocycles. The van der Waals surface area contributed by atoms with Crippen LogP contribution in [-0.2, 0) is 9.59 Å². The van der Waals surface area contributed by atoms with Gasteiger partial charge in [-0.05, 0) is 17.5 Å². The lowest BCUT2D eigenvalue weighted by Crippen LogP contribution is -2.51. The summed E-state index contributed by atoms with van der Waals surface area (Å²) < 4.78 is 0. The Morgan fingerprint density at radius 1 is 1.04 bits per heavy atom. The molecule has 0 aromatic heterocycles. The zero-order valence-corrected chi connectivity index (χ0v) is 16.6. The summed E-state index contributed by atoms with van der Waals surface area (Å²) in [5, 5.41) is 2.79. The maximum Gasteiger partial charge on any atom is 0.233 e. The average molecular weight is 391 g/mol. The Kier molecular flexibility index (Phi) is 6.09. The highest BCUT2D eigenvalue weighted by Gasteiger charge is 2.25. The topological polar surface area (TPSA) is 40.6 Å². The molecule has 4 nitrogen and oxygen atoms in total. The Hall–Kier alpha value is -1.72. The number of nitrogens with zero attached hydrogens (tertiary/aromatic N) is 2. The van der Waals surface area contributed by atoms with Crippen molar-refractivity contribution in [2.75, 3.05) is 31.9 Å². The molecule has 138 valence electrons. The van der Waals surface area contributed by atoms with E-state index in [2.05, 4.69) is 0 Å². The van der Waals surface area contributed by atoms with Gasteiger partial charge in [0.1, 0.15) is 0 Å². The van der Waals surface area contributed by atoms with Crippen molar-refractivity contribution < 1.29 is 9.59 Å². The molecule has 2 aromatic carbocycles. The highest BCUT2D eigenvalue weighted by atomic mass is 35.5. The van der Waals surface area contributed by atoms with Crippen LogP contribution >= 0.6 is 23.4 Å². The third-order valence-corrected chi connectivity index (χ3v) is 5.96. The molecule has 0 saturated carbocycles. The van der Waals surface area contributed by atoms with E-state index in [4.69, 9.17) is 11.6 Å². The van der Waals surface area contributed by atoms with Gasteiger partial charge in [-0.3, -0.25) is 9.59 Å². The summed E-state index contributed by atoms with van der Waals surface area (Å²) in [6.07, 6.45) is 0. The van der Waals surface area contributed by atoms with Gasteiger partial charge >= 0.3 is 0 Å². The van der Waals surface area contributed by atoms with Gasteiger partial charge < -0.3 is 9.80 Å². The summed E-state index contributed by atoms with van der Waals surface area (Å²) in [6.45, 7) is 6.26. The second-order valence-electron chi connectivity index (χ2n) is 6.74. The van der Waals surface area contributed by atoms with E-state index >= 15 is 0 Å². The molecule has 3 rings (SSSR count). The fraction of sp³-hybridized carbons (Fsp3) is 0.400. The molecule has 1 heterocycles. The molecular formula is C20H23ClN2O2S. The Morgan fingerprint density at radius 2 is 1.65 bits per heavy atom. The van der Waals surface area contributed by atoms with Gasteiger partial charge in [-0.15, -0.1) is 11.8 Å². The number of hydrogen-bond donors (Lipinski definition) is 0. The van der Waals surface area contributed by atoms with E-state index in [-0.39, 0.29) is 17.7 Å². The summed E-state index contributed by atoms with van der Waals surface area (Å²) in [5.74, 6) is 0.652. The second kappa shape index (κ2) is 8.31. The van der Waals surface area contributed by atoms with Crippen molar-refractivity contribution in [3.8, 4) is 0 Å². The number of amides is 2. The summed E-state index contributed by atoms with van der Waals surface area (Å²) in [6, 6.07) is 11.9. The van der Waals surface area contributed by atoms with E-state index in [1.807, 2.05) is 60.0 Å². The molecule has 6 heteroatoms. The molecular weight excluding hydrogens is 368 g/mol. The summed E-state index contributed by atoms with van der Waals surface area (Å²) >= 11 is 7.87. The normalized spacial score (nSPS) is 14.9. The maximum absolute atomic E-state index is 12.6. The second-order valence-corrected chi connectivity index (χ2v) is 8.17. The zero-order valence-electron chi connectivity index (χ0n) is 15.1. The third kappa shape index (κ3) is 4.15. The van der Waals surface area contributed by atoms with Crippen LogP contribution in [0.4, 0.5) is 0 Å². The van der Waals surface area contributed by atoms with Crippen molar-refractivity contribution in [3.63, 3.8) is 0 Å². The molecule has 0 bridgehead atoms. The van der Waals surface area contributed by atoms with Crippen LogP contribution in [0, 0.1) is 5.92 Å². The Morgan fingerprint density at radius 3 is 2.31 bits per heavy atom. The predicted molar refractivity (Wildman–Crippen MR) is 108 cm³/mol. The Labute approximate surface area is 163 Å². The highest BCUT2D eigenvalue weighted by molar-refractivity contribution is 8.00. The van der Waals surface area contributed by atoms with Crippen LogP contribution in [-0.4, -0.2) is 53.5 Å². The van der Waals surface area contributed by atoms with Gasteiger partial charge in [-0.25, -0.2) is 0 Å². The number of halogens is 1. The molecule has 2 aromatic rings. The molecule has 1 aliphatic rings. The summed E-state index contributed by atoms with van der Waals surface area (Å²) in [5.41, 5.74) is 0. The van der Waals surface area contributed by atoms with Crippen molar-refractivity contribution in [1.82, 2.24) is 9.80 Å². The monoisotopic (exact) mass is 390 g/mol. The number of thioether (sulfide) groups is 1. The maximum atomic E-state index is 12.6. The van der Waals surface area contributed by atoms with Crippen molar-refractivity contribution in [3.05, 3.63) is 41.4 Å². The summed E-state index contributed by atoms with van der Waals surface area (Å²) in [7, 11) is 0. The number of fused-ring (bicyclic) bond motifs is 1. The van der Waals surface area contributed by atoms with Crippen LogP contribution in [0.5, 0.6) is 0 Å². The lowest BCUT2D eigenvalue weighted by molar-refractivity contribution is -0.140.